The summed E-state index contributed by atoms with van der Waals surface area (Å²) >= 11 is 0. The molecule has 2 aliphatic heterocycles. The number of nitrogens with zero attached hydrogens (tertiary/aromatic N) is 4. The summed E-state index contributed by atoms with van der Waals surface area (Å²) in [6, 6.07) is 11.3. The number of hydrogen-bond acceptors (Lipinski definition) is 4. The topological polar surface area (TPSA) is 53.4 Å². The van der Waals surface area contributed by atoms with E-state index in [9.17, 15) is 4.79 Å². The van der Waals surface area contributed by atoms with Crippen molar-refractivity contribution in [1.29, 1.82) is 0 Å². The summed E-state index contributed by atoms with van der Waals surface area (Å²) in [6.07, 6.45) is 6.98. The van der Waals surface area contributed by atoms with Crippen LogP contribution in [-0.2, 0) is 18.4 Å². The van der Waals surface area contributed by atoms with Crippen LogP contribution in [0.4, 0.5) is 0 Å². The molecular weight excluding hydrogens is 350 g/mol. The Morgan fingerprint density at radius 3 is 2.79 bits per heavy atom. The molecule has 2 aliphatic rings. The first kappa shape index (κ1) is 19.2. The molecule has 0 radical (unpaired) electrons. The highest BCUT2D eigenvalue weighted by atomic mass is 16.2. The van der Waals surface area contributed by atoms with Gasteiger partial charge in [0.1, 0.15) is 0 Å². The van der Waals surface area contributed by atoms with E-state index < -0.39 is 0 Å². The van der Waals surface area contributed by atoms with Crippen LogP contribution in [0.2, 0.25) is 0 Å². The number of likely N-dealkylation sites (tertiary alicyclic amines) is 2. The third kappa shape index (κ3) is 4.28. The second kappa shape index (κ2) is 8.45. The van der Waals surface area contributed by atoms with E-state index in [0.717, 1.165) is 31.7 Å². The van der Waals surface area contributed by atoms with E-state index in [1.807, 2.05) is 36.1 Å². The average Bonchev–Trinajstić information content (AvgIpc) is 3.24. The summed E-state index contributed by atoms with van der Waals surface area (Å²) in [7, 11) is 3.85. The van der Waals surface area contributed by atoms with Crippen molar-refractivity contribution in [3.8, 4) is 0 Å². The summed E-state index contributed by atoms with van der Waals surface area (Å²) in [5, 5.41) is 8.09. The van der Waals surface area contributed by atoms with Crippen molar-refractivity contribution >= 4 is 5.91 Å². The van der Waals surface area contributed by atoms with Crippen LogP contribution in [0.25, 0.3) is 0 Å². The number of aryl methyl sites for hydroxylation is 1. The molecule has 150 valence electrons. The molecule has 0 aliphatic carbocycles. The third-order valence-corrected chi connectivity index (χ3v) is 6.18. The van der Waals surface area contributed by atoms with Crippen LogP contribution in [0.15, 0.2) is 42.7 Å². The minimum Gasteiger partial charge on any atom is -0.338 e. The number of rotatable bonds is 6. The molecule has 1 N–H and O–H groups in total. The lowest BCUT2D eigenvalue weighted by Gasteiger charge is -2.34. The fourth-order valence-corrected chi connectivity index (χ4v) is 4.75. The predicted molar refractivity (Wildman–Crippen MR) is 110 cm³/mol. The van der Waals surface area contributed by atoms with Crippen molar-refractivity contribution < 1.29 is 4.79 Å². The third-order valence-electron chi connectivity index (χ3n) is 6.18. The fraction of sp³-hybridized carbons (Fsp3) is 0.545. The Labute approximate surface area is 167 Å². The van der Waals surface area contributed by atoms with Gasteiger partial charge in [0.2, 0.25) is 5.91 Å². The molecule has 0 saturated carbocycles. The van der Waals surface area contributed by atoms with Crippen LogP contribution in [0.3, 0.4) is 0 Å². The molecule has 1 aromatic carbocycles. The van der Waals surface area contributed by atoms with Gasteiger partial charge in [-0.1, -0.05) is 30.3 Å². The van der Waals surface area contributed by atoms with Crippen molar-refractivity contribution in [3.05, 3.63) is 53.9 Å². The van der Waals surface area contributed by atoms with Crippen molar-refractivity contribution in [1.82, 2.24) is 24.9 Å². The Morgan fingerprint density at radius 1 is 1.21 bits per heavy atom. The second-order valence-electron chi connectivity index (χ2n) is 8.33. The molecule has 2 aromatic rings. The molecule has 1 aromatic heterocycles. The maximum Gasteiger partial charge on any atom is 0.223 e. The number of carbonyl (C=O) groups is 1. The Hall–Kier alpha value is -2.18. The molecule has 3 heterocycles. The first-order valence-corrected chi connectivity index (χ1v) is 10.3. The molecule has 28 heavy (non-hydrogen) atoms. The number of hydrogen-bond donors (Lipinski definition) is 1. The van der Waals surface area contributed by atoms with Crippen molar-refractivity contribution in [2.24, 2.45) is 13.0 Å². The number of carbonyl (C=O) groups excluding carboxylic acids is 1. The van der Waals surface area contributed by atoms with E-state index in [4.69, 9.17) is 0 Å². The lowest BCUT2D eigenvalue weighted by molar-refractivity contribution is -0.127. The predicted octanol–water partition coefficient (Wildman–Crippen LogP) is 2.19. The SMILES string of the molecule is CN1C(=O)C[C@@H](CNC2CCCN(Cc3ccccc3)C2)[C@@H]1c1cnn(C)c1. The van der Waals surface area contributed by atoms with Gasteiger partial charge < -0.3 is 10.2 Å². The van der Waals surface area contributed by atoms with E-state index in [0.29, 0.717) is 18.4 Å². The Balaban J connectivity index is 1.34. The minimum atomic E-state index is 0.123. The highest BCUT2D eigenvalue weighted by molar-refractivity contribution is 5.79. The maximum atomic E-state index is 12.3. The molecule has 6 nitrogen and oxygen atoms in total. The highest BCUT2D eigenvalue weighted by Gasteiger charge is 2.39. The van der Waals surface area contributed by atoms with E-state index in [2.05, 4.69) is 45.6 Å². The van der Waals surface area contributed by atoms with Gasteiger partial charge in [0.15, 0.2) is 0 Å². The summed E-state index contributed by atoms with van der Waals surface area (Å²) < 4.78 is 1.82. The number of benzene rings is 1. The smallest absolute Gasteiger partial charge is 0.223 e. The molecular formula is C22H31N5O. The van der Waals surface area contributed by atoms with Crippen LogP contribution in [0.1, 0.15) is 36.4 Å². The van der Waals surface area contributed by atoms with Crippen molar-refractivity contribution in [2.45, 2.75) is 37.9 Å². The standard InChI is InChI=1S/C22H31N5O/c1-25-15-19(13-24-25)22-18(11-21(28)26(22)2)12-23-20-9-6-10-27(16-20)14-17-7-4-3-5-8-17/h3-5,7-8,13,15,18,20,22-23H,6,9-12,14,16H2,1-2H3/t18-,20?,22+/m0/s1. The van der Waals surface area contributed by atoms with E-state index in [1.54, 1.807) is 0 Å². The average molecular weight is 382 g/mol. The zero-order valence-corrected chi connectivity index (χ0v) is 16.9. The summed E-state index contributed by atoms with van der Waals surface area (Å²) in [6.45, 7) is 4.13. The van der Waals surface area contributed by atoms with Gasteiger partial charge in [-0.3, -0.25) is 14.4 Å². The van der Waals surface area contributed by atoms with Crippen LogP contribution in [0, 0.1) is 5.92 Å². The van der Waals surface area contributed by atoms with Crippen LogP contribution >= 0.6 is 0 Å². The quantitative estimate of drug-likeness (QED) is 0.833. The second-order valence-corrected chi connectivity index (χ2v) is 8.33. The molecule has 1 amide bonds. The molecule has 3 atom stereocenters. The van der Waals surface area contributed by atoms with Gasteiger partial charge in [0, 0.05) is 63.9 Å². The molecule has 1 unspecified atom stereocenters. The molecule has 2 saturated heterocycles. The van der Waals surface area contributed by atoms with Gasteiger partial charge >= 0.3 is 0 Å². The largest absolute Gasteiger partial charge is 0.338 e. The van der Waals surface area contributed by atoms with E-state index in [1.165, 1.54) is 18.4 Å². The lowest BCUT2D eigenvalue weighted by atomic mass is 9.94. The number of aromatic nitrogens is 2. The van der Waals surface area contributed by atoms with Gasteiger partial charge in [0.05, 0.1) is 12.2 Å². The highest BCUT2D eigenvalue weighted by Crippen LogP contribution is 2.36. The molecule has 0 bridgehead atoms. The van der Waals surface area contributed by atoms with Crippen LogP contribution in [-0.4, -0.2) is 58.2 Å². The Kier molecular flexibility index (Phi) is 5.78. The summed E-state index contributed by atoms with van der Waals surface area (Å²) in [5.74, 6) is 0.529. The zero-order valence-electron chi connectivity index (χ0n) is 16.9. The molecule has 4 rings (SSSR count). The molecule has 6 heteroatoms. The van der Waals surface area contributed by atoms with Crippen LogP contribution < -0.4 is 5.32 Å². The molecule has 0 spiro atoms. The van der Waals surface area contributed by atoms with Gasteiger partial charge in [-0.15, -0.1) is 0 Å². The summed E-state index contributed by atoms with van der Waals surface area (Å²) in [5.41, 5.74) is 2.51. The van der Waals surface area contributed by atoms with Gasteiger partial charge in [-0.05, 0) is 24.9 Å². The first-order valence-electron chi connectivity index (χ1n) is 10.3. The maximum absolute atomic E-state index is 12.3. The van der Waals surface area contributed by atoms with Crippen LogP contribution in [0.5, 0.6) is 0 Å². The summed E-state index contributed by atoms with van der Waals surface area (Å²) in [4.78, 5) is 16.8. The van der Waals surface area contributed by atoms with Crippen molar-refractivity contribution in [2.75, 3.05) is 26.7 Å². The normalized spacial score (nSPS) is 26.1. The fourth-order valence-electron chi connectivity index (χ4n) is 4.75. The lowest BCUT2D eigenvalue weighted by Crippen LogP contribution is -2.46. The molecule has 2 fully saturated rings. The first-order chi connectivity index (χ1) is 13.6. The number of nitrogens with one attached hydrogen (secondary N) is 1. The van der Waals surface area contributed by atoms with Gasteiger partial charge in [-0.25, -0.2) is 0 Å². The number of amides is 1. The zero-order chi connectivity index (χ0) is 19.5. The van der Waals surface area contributed by atoms with Gasteiger partial charge in [-0.2, -0.15) is 5.10 Å². The van der Waals surface area contributed by atoms with E-state index in [-0.39, 0.29) is 11.9 Å². The Morgan fingerprint density at radius 2 is 2.04 bits per heavy atom. The monoisotopic (exact) mass is 381 g/mol. The van der Waals surface area contributed by atoms with Crippen molar-refractivity contribution in [3.63, 3.8) is 0 Å². The number of piperidine rings is 1. The Bertz CT molecular complexity index is 789. The minimum absolute atomic E-state index is 0.123. The van der Waals surface area contributed by atoms with Gasteiger partial charge in [0.25, 0.3) is 0 Å². The van der Waals surface area contributed by atoms with E-state index >= 15 is 0 Å².